The molecule has 0 spiro atoms. The summed E-state index contributed by atoms with van der Waals surface area (Å²) >= 11 is 0. The summed E-state index contributed by atoms with van der Waals surface area (Å²) in [6.07, 6.45) is 4.71. The zero-order valence-electron chi connectivity index (χ0n) is 13.4. The average Bonchev–Trinajstić information content (AvgIpc) is 2.37. The van der Waals surface area contributed by atoms with Crippen molar-refractivity contribution < 1.29 is 9.53 Å². The Kier molecular flexibility index (Phi) is 6.76. The molecule has 2 unspecified atom stereocenters. The van der Waals surface area contributed by atoms with Crippen molar-refractivity contribution in [1.29, 1.82) is 0 Å². The van der Waals surface area contributed by atoms with E-state index in [1.807, 2.05) is 20.8 Å². The second-order valence-electron chi connectivity index (χ2n) is 6.74. The standard InChI is InChI=1S/C15H31N3O2/c1-15(2,3)20-14(19)18(4)10-9-17-13-8-6-5-7-12(13)11-16/h12-13,17H,5-11,16H2,1-4H3. The van der Waals surface area contributed by atoms with Crippen LogP contribution in [0.3, 0.4) is 0 Å². The molecule has 0 saturated heterocycles. The van der Waals surface area contributed by atoms with E-state index in [-0.39, 0.29) is 6.09 Å². The second kappa shape index (κ2) is 7.84. The van der Waals surface area contributed by atoms with Gasteiger partial charge in [0, 0.05) is 26.2 Å². The molecule has 0 bridgehead atoms. The van der Waals surface area contributed by atoms with Gasteiger partial charge in [0.15, 0.2) is 0 Å². The van der Waals surface area contributed by atoms with Crippen LogP contribution in [0.5, 0.6) is 0 Å². The van der Waals surface area contributed by atoms with Crippen LogP contribution in [0.2, 0.25) is 0 Å². The van der Waals surface area contributed by atoms with Gasteiger partial charge in [0.2, 0.25) is 0 Å². The molecule has 1 saturated carbocycles. The summed E-state index contributed by atoms with van der Waals surface area (Å²) in [4.78, 5) is 13.4. The molecular formula is C15H31N3O2. The van der Waals surface area contributed by atoms with E-state index in [9.17, 15) is 4.79 Å². The molecule has 1 fully saturated rings. The van der Waals surface area contributed by atoms with Gasteiger partial charge in [-0.25, -0.2) is 4.79 Å². The lowest BCUT2D eigenvalue weighted by Gasteiger charge is -2.32. The molecule has 0 aliphatic heterocycles. The highest BCUT2D eigenvalue weighted by Gasteiger charge is 2.24. The fourth-order valence-electron chi connectivity index (χ4n) is 2.61. The third-order valence-corrected chi connectivity index (χ3v) is 3.77. The Hall–Kier alpha value is -0.810. The quantitative estimate of drug-likeness (QED) is 0.810. The molecule has 2 atom stereocenters. The summed E-state index contributed by atoms with van der Waals surface area (Å²) in [5.41, 5.74) is 5.38. The molecule has 0 heterocycles. The monoisotopic (exact) mass is 285 g/mol. The lowest BCUT2D eigenvalue weighted by Crippen LogP contribution is -2.45. The third kappa shape index (κ3) is 6.09. The summed E-state index contributed by atoms with van der Waals surface area (Å²) in [7, 11) is 1.77. The molecule has 1 aliphatic carbocycles. The van der Waals surface area contributed by atoms with Crippen LogP contribution in [0.25, 0.3) is 0 Å². The minimum Gasteiger partial charge on any atom is -0.444 e. The third-order valence-electron chi connectivity index (χ3n) is 3.77. The summed E-state index contributed by atoms with van der Waals surface area (Å²) in [6.45, 7) is 7.83. The van der Waals surface area contributed by atoms with Gasteiger partial charge in [-0.2, -0.15) is 0 Å². The molecule has 1 amide bonds. The van der Waals surface area contributed by atoms with E-state index in [0.717, 1.165) is 13.1 Å². The summed E-state index contributed by atoms with van der Waals surface area (Å²) in [6, 6.07) is 0.501. The van der Waals surface area contributed by atoms with Crippen molar-refractivity contribution in [2.75, 3.05) is 26.7 Å². The van der Waals surface area contributed by atoms with E-state index in [0.29, 0.717) is 18.5 Å². The van der Waals surface area contributed by atoms with Crippen LogP contribution < -0.4 is 11.1 Å². The van der Waals surface area contributed by atoms with Crippen molar-refractivity contribution in [2.45, 2.75) is 58.1 Å². The first kappa shape index (κ1) is 17.2. The Balaban J connectivity index is 2.27. The number of carbonyl (C=O) groups is 1. The number of hydrogen-bond donors (Lipinski definition) is 2. The van der Waals surface area contributed by atoms with E-state index < -0.39 is 5.60 Å². The summed E-state index contributed by atoms with van der Waals surface area (Å²) in [5, 5.41) is 3.54. The molecule has 20 heavy (non-hydrogen) atoms. The van der Waals surface area contributed by atoms with Crippen LogP contribution in [0.15, 0.2) is 0 Å². The number of nitrogens with zero attached hydrogens (tertiary/aromatic N) is 1. The Morgan fingerprint density at radius 3 is 2.60 bits per heavy atom. The first-order valence-corrected chi connectivity index (χ1v) is 7.71. The summed E-state index contributed by atoms with van der Waals surface area (Å²) in [5.74, 6) is 0.579. The van der Waals surface area contributed by atoms with Crippen LogP contribution in [-0.2, 0) is 4.74 Å². The fourth-order valence-corrected chi connectivity index (χ4v) is 2.61. The smallest absolute Gasteiger partial charge is 0.410 e. The van der Waals surface area contributed by atoms with Crippen molar-refractivity contribution in [3.8, 4) is 0 Å². The molecule has 0 aromatic heterocycles. The predicted molar refractivity (Wildman–Crippen MR) is 81.7 cm³/mol. The highest BCUT2D eigenvalue weighted by molar-refractivity contribution is 5.67. The number of likely N-dealkylation sites (N-methyl/N-ethyl adjacent to an activating group) is 1. The number of ether oxygens (including phenoxy) is 1. The van der Waals surface area contributed by atoms with Gasteiger partial charge in [-0.1, -0.05) is 12.8 Å². The van der Waals surface area contributed by atoms with E-state index in [2.05, 4.69) is 5.32 Å². The van der Waals surface area contributed by atoms with Crippen molar-refractivity contribution in [3.05, 3.63) is 0 Å². The maximum absolute atomic E-state index is 11.8. The van der Waals surface area contributed by atoms with Crippen LogP contribution in [0.4, 0.5) is 4.79 Å². The normalized spacial score (nSPS) is 23.4. The highest BCUT2D eigenvalue weighted by atomic mass is 16.6. The molecule has 3 N–H and O–H groups in total. The SMILES string of the molecule is CN(CCNC1CCCCC1CN)C(=O)OC(C)(C)C. The minimum absolute atomic E-state index is 0.265. The highest BCUT2D eigenvalue weighted by Crippen LogP contribution is 2.23. The van der Waals surface area contributed by atoms with Gasteiger partial charge in [0.25, 0.3) is 0 Å². The largest absolute Gasteiger partial charge is 0.444 e. The molecule has 0 aromatic rings. The number of amides is 1. The molecular weight excluding hydrogens is 254 g/mol. The molecule has 5 heteroatoms. The maximum Gasteiger partial charge on any atom is 0.410 e. The summed E-state index contributed by atoms with van der Waals surface area (Å²) < 4.78 is 5.32. The average molecular weight is 285 g/mol. The van der Waals surface area contributed by atoms with Gasteiger partial charge in [-0.15, -0.1) is 0 Å². The number of nitrogens with two attached hydrogens (primary N) is 1. The van der Waals surface area contributed by atoms with Gasteiger partial charge < -0.3 is 20.7 Å². The lowest BCUT2D eigenvalue weighted by molar-refractivity contribution is 0.0298. The second-order valence-corrected chi connectivity index (χ2v) is 6.74. The first-order valence-electron chi connectivity index (χ1n) is 7.71. The lowest BCUT2D eigenvalue weighted by atomic mass is 9.84. The van der Waals surface area contributed by atoms with Gasteiger partial charge in [-0.05, 0) is 46.1 Å². The molecule has 1 aliphatic rings. The predicted octanol–water partition coefficient (Wildman–Crippen LogP) is 1.96. The minimum atomic E-state index is -0.438. The Bertz CT molecular complexity index is 302. The molecule has 118 valence electrons. The van der Waals surface area contributed by atoms with Crippen molar-refractivity contribution >= 4 is 6.09 Å². The van der Waals surface area contributed by atoms with Crippen LogP contribution in [0, 0.1) is 5.92 Å². The van der Waals surface area contributed by atoms with Gasteiger partial charge in [0.1, 0.15) is 5.60 Å². The maximum atomic E-state index is 11.8. The Labute approximate surface area is 123 Å². The number of nitrogens with one attached hydrogen (secondary N) is 1. The Morgan fingerprint density at radius 1 is 1.35 bits per heavy atom. The van der Waals surface area contributed by atoms with E-state index in [4.69, 9.17) is 10.5 Å². The molecule has 0 radical (unpaired) electrons. The van der Waals surface area contributed by atoms with Crippen LogP contribution >= 0.6 is 0 Å². The van der Waals surface area contributed by atoms with Crippen molar-refractivity contribution in [1.82, 2.24) is 10.2 Å². The molecule has 5 nitrogen and oxygen atoms in total. The van der Waals surface area contributed by atoms with Gasteiger partial charge in [0.05, 0.1) is 0 Å². The van der Waals surface area contributed by atoms with Gasteiger partial charge in [-0.3, -0.25) is 0 Å². The first-order chi connectivity index (χ1) is 9.33. The zero-order chi connectivity index (χ0) is 15.2. The van der Waals surface area contributed by atoms with Crippen LogP contribution in [0.1, 0.15) is 46.5 Å². The van der Waals surface area contributed by atoms with E-state index in [1.165, 1.54) is 25.7 Å². The topological polar surface area (TPSA) is 67.6 Å². The number of hydrogen-bond acceptors (Lipinski definition) is 4. The van der Waals surface area contributed by atoms with E-state index >= 15 is 0 Å². The van der Waals surface area contributed by atoms with Crippen molar-refractivity contribution in [2.24, 2.45) is 11.7 Å². The zero-order valence-corrected chi connectivity index (χ0v) is 13.4. The fraction of sp³-hybridized carbons (Fsp3) is 0.933. The number of rotatable bonds is 5. The van der Waals surface area contributed by atoms with Crippen molar-refractivity contribution in [3.63, 3.8) is 0 Å². The van der Waals surface area contributed by atoms with Crippen LogP contribution in [-0.4, -0.2) is 49.3 Å². The van der Waals surface area contributed by atoms with E-state index in [1.54, 1.807) is 11.9 Å². The molecule has 1 rings (SSSR count). The molecule has 0 aromatic carbocycles. The Morgan fingerprint density at radius 2 is 2.00 bits per heavy atom. The van der Waals surface area contributed by atoms with Gasteiger partial charge >= 0.3 is 6.09 Å². The number of carbonyl (C=O) groups excluding carboxylic acids is 1.